The number of furan rings is 1. The Morgan fingerprint density at radius 3 is 2.49 bits per heavy atom. The normalized spacial score (nSPS) is 11.0. The molecule has 0 fully saturated rings. The molecule has 0 spiro atoms. The maximum Gasteiger partial charge on any atom is 0.307 e. The number of nitrogens with one attached hydrogen (secondary N) is 2. The number of anilines is 1. The average Bonchev–Trinajstić information content (AvgIpc) is 3.30. The molecule has 0 saturated heterocycles. The van der Waals surface area contributed by atoms with Gasteiger partial charge in [-0.05, 0) is 81.2 Å². The van der Waals surface area contributed by atoms with Gasteiger partial charge in [0.05, 0.1) is 17.3 Å². The molecule has 8 nitrogen and oxygen atoms in total. The lowest BCUT2D eigenvalue weighted by molar-refractivity contribution is -0.118. The Morgan fingerprint density at radius 2 is 1.73 bits per heavy atom. The number of amides is 2. The Kier molecular flexibility index (Phi) is 9.01. The van der Waals surface area contributed by atoms with E-state index in [0.29, 0.717) is 39.4 Å². The molecule has 3 aromatic carbocycles. The maximum absolute atomic E-state index is 12.5. The lowest BCUT2D eigenvalue weighted by Gasteiger charge is -2.14. The summed E-state index contributed by atoms with van der Waals surface area (Å²) in [7, 11) is 0. The van der Waals surface area contributed by atoms with Gasteiger partial charge in [0, 0.05) is 25.6 Å². The summed E-state index contributed by atoms with van der Waals surface area (Å²) in [6, 6.07) is 17.8. The van der Waals surface area contributed by atoms with Gasteiger partial charge < -0.3 is 19.2 Å². The number of rotatable bonds is 9. The number of benzene rings is 3. The molecular weight excluding hydrogens is 674 g/mol. The number of hydrogen-bond donors (Lipinski definition) is 2. The van der Waals surface area contributed by atoms with Crippen LogP contribution in [0.3, 0.4) is 0 Å². The number of ether oxygens (including phenoxy) is 2. The van der Waals surface area contributed by atoms with Crippen LogP contribution in [0, 0.1) is 0 Å². The van der Waals surface area contributed by atoms with Gasteiger partial charge in [-0.1, -0.05) is 34.1 Å². The molecule has 37 heavy (non-hydrogen) atoms. The fourth-order valence-electron chi connectivity index (χ4n) is 3.30. The minimum absolute atomic E-state index is 0.123. The molecule has 2 N–H and O–H groups in total. The molecule has 4 aromatic rings. The minimum Gasteiger partial charge on any atom is -0.490 e. The summed E-state index contributed by atoms with van der Waals surface area (Å²) in [5.41, 5.74) is 4.33. The van der Waals surface area contributed by atoms with Gasteiger partial charge in [-0.2, -0.15) is 5.10 Å². The standard InChI is InChI=1S/C26H20Br3N3O5/c1-2-35-21-10-16(19(28)12-22(21)36-14-24(33)31-18-6-4-3-5-7-18)13-30-32-26(34)23-9-15-8-17(27)11-20(29)25(15)37-23/h3-13H,2,14H2,1H3,(H,31,33)(H,32,34)/b30-13-. The maximum atomic E-state index is 12.5. The number of carbonyl (C=O) groups excluding carboxylic acids is 2. The fourth-order valence-corrected chi connectivity index (χ4v) is 5.06. The van der Waals surface area contributed by atoms with E-state index in [9.17, 15) is 9.59 Å². The summed E-state index contributed by atoms with van der Waals surface area (Å²) in [6.45, 7) is 2.03. The number of nitrogens with zero attached hydrogens (tertiary/aromatic N) is 1. The summed E-state index contributed by atoms with van der Waals surface area (Å²) >= 11 is 10.3. The summed E-state index contributed by atoms with van der Waals surface area (Å²) in [5.74, 6) is 0.137. The van der Waals surface area contributed by atoms with Gasteiger partial charge in [0.2, 0.25) is 0 Å². The first-order valence-electron chi connectivity index (χ1n) is 11.0. The zero-order chi connectivity index (χ0) is 26.4. The average molecular weight is 694 g/mol. The van der Waals surface area contributed by atoms with Crippen molar-refractivity contribution in [2.45, 2.75) is 6.92 Å². The number of halogens is 3. The van der Waals surface area contributed by atoms with Crippen LogP contribution in [0.5, 0.6) is 11.5 Å². The van der Waals surface area contributed by atoms with Crippen molar-refractivity contribution in [3.05, 3.63) is 85.4 Å². The molecule has 190 valence electrons. The number of para-hydroxylation sites is 1. The smallest absolute Gasteiger partial charge is 0.307 e. The Balaban J connectivity index is 1.43. The number of fused-ring (bicyclic) bond motifs is 1. The molecule has 0 aliphatic carbocycles. The summed E-state index contributed by atoms with van der Waals surface area (Å²) in [6.07, 6.45) is 1.46. The molecule has 0 aliphatic heterocycles. The fraction of sp³-hybridized carbons (Fsp3) is 0.115. The third kappa shape index (κ3) is 7.00. The number of carbonyl (C=O) groups is 2. The largest absolute Gasteiger partial charge is 0.490 e. The van der Waals surface area contributed by atoms with E-state index < -0.39 is 5.91 Å². The van der Waals surface area contributed by atoms with E-state index in [2.05, 4.69) is 63.6 Å². The lowest BCUT2D eigenvalue weighted by atomic mass is 10.2. The second-order valence-electron chi connectivity index (χ2n) is 7.57. The van der Waals surface area contributed by atoms with E-state index in [4.69, 9.17) is 13.9 Å². The monoisotopic (exact) mass is 691 g/mol. The van der Waals surface area contributed by atoms with Crippen LogP contribution in [0.1, 0.15) is 23.0 Å². The van der Waals surface area contributed by atoms with E-state index in [1.54, 1.807) is 30.3 Å². The van der Waals surface area contributed by atoms with Crippen LogP contribution in [0.4, 0.5) is 5.69 Å². The lowest BCUT2D eigenvalue weighted by Crippen LogP contribution is -2.20. The summed E-state index contributed by atoms with van der Waals surface area (Å²) in [4.78, 5) is 24.8. The molecule has 1 aromatic heterocycles. The van der Waals surface area contributed by atoms with Gasteiger partial charge in [0.15, 0.2) is 23.9 Å². The predicted octanol–water partition coefficient (Wildman–Crippen LogP) is 6.90. The zero-order valence-corrected chi connectivity index (χ0v) is 24.1. The Bertz CT molecular complexity index is 1470. The third-order valence-corrected chi connectivity index (χ3v) is 6.64. The first kappa shape index (κ1) is 26.9. The van der Waals surface area contributed by atoms with Crippen LogP contribution < -0.4 is 20.2 Å². The molecule has 0 aliphatic rings. The first-order valence-corrected chi connectivity index (χ1v) is 13.4. The second-order valence-corrected chi connectivity index (χ2v) is 10.2. The molecule has 0 atom stereocenters. The molecule has 11 heteroatoms. The molecule has 0 bridgehead atoms. The van der Waals surface area contributed by atoms with E-state index in [-0.39, 0.29) is 18.3 Å². The molecule has 4 rings (SSSR count). The van der Waals surface area contributed by atoms with E-state index >= 15 is 0 Å². The van der Waals surface area contributed by atoms with E-state index in [1.807, 2.05) is 37.3 Å². The van der Waals surface area contributed by atoms with Crippen LogP contribution in [0.15, 0.2) is 83.6 Å². The molecule has 0 unspecified atom stereocenters. The van der Waals surface area contributed by atoms with E-state index in [0.717, 1.165) is 14.3 Å². The highest BCUT2D eigenvalue weighted by Gasteiger charge is 2.15. The van der Waals surface area contributed by atoms with Crippen LogP contribution >= 0.6 is 47.8 Å². The van der Waals surface area contributed by atoms with Crippen molar-refractivity contribution in [2.75, 3.05) is 18.5 Å². The Labute approximate surface area is 237 Å². The van der Waals surface area contributed by atoms with Crippen molar-refractivity contribution in [1.29, 1.82) is 0 Å². The van der Waals surface area contributed by atoms with Crippen LogP contribution in [0.25, 0.3) is 11.0 Å². The van der Waals surface area contributed by atoms with Crippen molar-refractivity contribution in [2.24, 2.45) is 5.10 Å². The van der Waals surface area contributed by atoms with Crippen molar-refractivity contribution in [1.82, 2.24) is 5.43 Å². The van der Waals surface area contributed by atoms with Crippen LogP contribution in [0.2, 0.25) is 0 Å². The van der Waals surface area contributed by atoms with Gasteiger partial charge in [-0.25, -0.2) is 5.43 Å². The van der Waals surface area contributed by atoms with Gasteiger partial charge in [0.25, 0.3) is 5.91 Å². The third-order valence-electron chi connectivity index (χ3n) is 4.91. The number of hydrogen-bond acceptors (Lipinski definition) is 6. The van der Waals surface area contributed by atoms with Crippen molar-refractivity contribution in [3.8, 4) is 11.5 Å². The molecule has 0 saturated carbocycles. The quantitative estimate of drug-likeness (QED) is 0.147. The van der Waals surface area contributed by atoms with Crippen molar-refractivity contribution >= 4 is 82.5 Å². The molecule has 2 amide bonds. The van der Waals surface area contributed by atoms with Crippen molar-refractivity contribution in [3.63, 3.8) is 0 Å². The molecule has 0 radical (unpaired) electrons. The second kappa shape index (κ2) is 12.4. The predicted molar refractivity (Wildman–Crippen MR) is 153 cm³/mol. The van der Waals surface area contributed by atoms with Crippen LogP contribution in [-0.2, 0) is 4.79 Å². The van der Waals surface area contributed by atoms with Gasteiger partial charge >= 0.3 is 5.91 Å². The highest BCUT2D eigenvalue weighted by Crippen LogP contribution is 2.34. The highest BCUT2D eigenvalue weighted by atomic mass is 79.9. The first-order chi connectivity index (χ1) is 17.8. The van der Waals surface area contributed by atoms with Gasteiger partial charge in [-0.15, -0.1) is 0 Å². The topological polar surface area (TPSA) is 102 Å². The highest BCUT2D eigenvalue weighted by molar-refractivity contribution is 9.11. The minimum atomic E-state index is -0.499. The van der Waals surface area contributed by atoms with Gasteiger partial charge in [0.1, 0.15) is 5.58 Å². The Hall–Kier alpha value is -3.15. The molecule has 1 heterocycles. The molecular formula is C26H20Br3N3O5. The number of hydrazone groups is 1. The van der Waals surface area contributed by atoms with Gasteiger partial charge in [-0.3, -0.25) is 9.59 Å². The van der Waals surface area contributed by atoms with E-state index in [1.165, 1.54) is 6.21 Å². The van der Waals surface area contributed by atoms with Crippen LogP contribution in [-0.4, -0.2) is 31.2 Å². The zero-order valence-electron chi connectivity index (χ0n) is 19.4. The van der Waals surface area contributed by atoms with Crippen molar-refractivity contribution < 1.29 is 23.5 Å². The summed E-state index contributed by atoms with van der Waals surface area (Å²) in [5, 5.41) is 7.58. The Morgan fingerprint density at radius 1 is 0.973 bits per heavy atom. The summed E-state index contributed by atoms with van der Waals surface area (Å²) < 4.78 is 19.3. The SMILES string of the molecule is CCOc1cc(/C=N\NC(=O)c2cc3cc(Br)cc(Br)c3o2)c(Br)cc1OCC(=O)Nc1ccccc1.